The van der Waals surface area contributed by atoms with Gasteiger partial charge in [0.25, 0.3) is 5.92 Å². The molecule has 1 nitrogen and oxygen atoms in total. The predicted molar refractivity (Wildman–Crippen MR) is 133 cm³/mol. The summed E-state index contributed by atoms with van der Waals surface area (Å²) in [6, 6.07) is 14.3. The second-order valence-electron chi connectivity index (χ2n) is 9.86. The van der Waals surface area contributed by atoms with Crippen molar-refractivity contribution < 1.29 is 31.1 Å². The van der Waals surface area contributed by atoms with Crippen molar-refractivity contribution >= 4 is 0 Å². The third-order valence-electron chi connectivity index (χ3n) is 7.30. The van der Waals surface area contributed by atoms with Crippen LogP contribution in [0, 0.1) is 23.5 Å². The van der Waals surface area contributed by atoms with E-state index in [1.54, 1.807) is 30.3 Å². The van der Waals surface area contributed by atoms with E-state index >= 15 is 0 Å². The molecule has 0 aliphatic heterocycles. The van der Waals surface area contributed by atoms with Gasteiger partial charge in [-0.05, 0) is 72.1 Å². The summed E-state index contributed by atoms with van der Waals surface area (Å²) < 4.78 is 87.7. The van der Waals surface area contributed by atoms with Crippen molar-refractivity contribution in [2.75, 3.05) is 0 Å². The van der Waals surface area contributed by atoms with Gasteiger partial charge in [-0.25, -0.2) is 17.6 Å². The van der Waals surface area contributed by atoms with E-state index < -0.39 is 35.8 Å². The molecule has 198 valence electrons. The lowest BCUT2D eigenvalue weighted by atomic mass is 9.76. The summed E-state index contributed by atoms with van der Waals surface area (Å²) in [6.45, 7) is -1.04. The summed E-state index contributed by atoms with van der Waals surface area (Å²) in [7, 11) is 0. The van der Waals surface area contributed by atoms with Gasteiger partial charge in [0.15, 0.2) is 11.6 Å². The second-order valence-corrected chi connectivity index (χ2v) is 9.86. The minimum Gasteiger partial charge on any atom is -0.432 e. The number of hydrogen-bond acceptors (Lipinski definition) is 1. The quantitative estimate of drug-likeness (QED) is 0.255. The lowest BCUT2D eigenvalue weighted by molar-refractivity contribution is -0.0745. The van der Waals surface area contributed by atoms with Gasteiger partial charge in [0.2, 0.25) is 0 Å². The van der Waals surface area contributed by atoms with Crippen molar-refractivity contribution in [1.29, 1.82) is 0 Å². The molecule has 7 heteroatoms. The Morgan fingerprint density at radius 2 is 1.43 bits per heavy atom. The van der Waals surface area contributed by atoms with E-state index in [1.165, 1.54) is 18.2 Å². The second kappa shape index (κ2) is 11.6. The smallest absolute Gasteiger partial charge is 0.387 e. The van der Waals surface area contributed by atoms with Gasteiger partial charge in [-0.2, -0.15) is 8.78 Å². The lowest BCUT2D eigenvalue weighted by Gasteiger charge is -2.33. The van der Waals surface area contributed by atoms with Gasteiger partial charge in [-0.15, -0.1) is 0 Å². The largest absolute Gasteiger partial charge is 0.432 e. The molecule has 0 unspecified atom stereocenters. The molecule has 0 N–H and O–H groups in total. The minimum absolute atomic E-state index is 0.0937. The molecule has 0 aromatic heterocycles. The zero-order valence-electron chi connectivity index (χ0n) is 20.6. The molecule has 0 atom stereocenters. The zero-order chi connectivity index (χ0) is 26.6. The maximum absolute atomic E-state index is 15.0. The fourth-order valence-electron chi connectivity index (χ4n) is 5.30. The molecule has 3 aromatic rings. The Labute approximate surface area is 213 Å². The van der Waals surface area contributed by atoms with E-state index in [0.29, 0.717) is 35.4 Å². The molecule has 37 heavy (non-hydrogen) atoms. The topological polar surface area (TPSA) is 9.23 Å². The van der Waals surface area contributed by atoms with Crippen LogP contribution in [-0.2, 0) is 6.42 Å². The molecule has 0 bridgehead atoms. The van der Waals surface area contributed by atoms with E-state index in [9.17, 15) is 26.3 Å². The average Bonchev–Trinajstić information content (AvgIpc) is 2.86. The molecule has 0 saturated heterocycles. The molecule has 1 aliphatic rings. The number of benzene rings is 3. The van der Waals surface area contributed by atoms with Crippen LogP contribution in [0.2, 0.25) is 0 Å². The number of ether oxygens (including phenoxy) is 1. The van der Waals surface area contributed by atoms with Crippen LogP contribution in [-0.4, -0.2) is 12.5 Å². The van der Waals surface area contributed by atoms with Crippen molar-refractivity contribution in [2.45, 2.75) is 64.4 Å². The van der Waals surface area contributed by atoms with E-state index in [0.717, 1.165) is 37.8 Å². The van der Waals surface area contributed by atoms with Crippen LogP contribution in [0.1, 0.15) is 51.0 Å². The zero-order valence-corrected chi connectivity index (χ0v) is 20.6. The first-order chi connectivity index (χ1) is 17.7. The van der Waals surface area contributed by atoms with Crippen LogP contribution in [0.4, 0.5) is 26.3 Å². The first kappa shape index (κ1) is 27.1. The standard InChI is InChI=1S/C30H30F6O/c1-2-3-19-6-12-24(13-7-19)30(35,36)18-20-4-8-21(9-5-20)22-10-14-25(26(31)16-22)23-11-15-28(27(32)17-23)37-29(33)34/h4-5,8-11,14-17,19,24,29H,2-3,6-7,12-13,18H2,1H3. The molecule has 1 aliphatic carbocycles. The van der Waals surface area contributed by atoms with Gasteiger partial charge in [-0.3, -0.25) is 0 Å². The normalized spacial score (nSPS) is 18.3. The fraction of sp³-hybridized carbons (Fsp3) is 0.400. The van der Waals surface area contributed by atoms with Gasteiger partial charge in [-0.1, -0.05) is 62.2 Å². The van der Waals surface area contributed by atoms with E-state index in [2.05, 4.69) is 11.7 Å². The monoisotopic (exact) mass is 520 g/mol. The summed E-state index contributed by atoms with van der Waals surface area (Å²) in [5, 5.41) is 0. The fourth-order valence-corrected chi connectivity index (χ4v) is 5.30. The van der Waals surface area contributed by atoms with Gasteiger partial charge < -0.3 is 4.74 Å². The Morgan fingerprint density at radius 3 is 2.03 bits per heavy atom. The predicted octanol–water partition coefficient (Wildman–Crippen LogP) is 9.68. The molecular weight excluding hydrogens is 490 g/mol. The first-order valence-electron chi connectivity index (χ1n) is 12.7. The average molecular weight is 521 g/mol. The third-order valence-corrected chi connectivity index (χ3v) is 7.30. The molecule has 0 heterocycles. The number of halogens is 6. The van der Waals surface area contributed by atoms with Crippen molar-refractivity contribution in [1.82, 2.24) is 0 Å². The maximum Gasteiger partial charge on any atom is 0.387 e. The molecule has 3 aromatic carbocycles. The highest BCUT2D eigenvalue weighted by molar-refractivity contribution is 5.71. The van der Waals surface area contributed by atoms with Crippen molar-refractivity contribution in [3.63, 3.8) is 0 Å². The van der Waals surface area contributed by atoms with Gasteiger partial charge in [0.1, 0.15) is 5.82 Å². The van der Waals surface area contributed by atoms with E-state index in [-0.39, 0.29) is 17.5 Å². The summed E-state index contributed by atoms with van der Waals surface area (Å²) >= 11 is 0. The van der Waals surface area contributed by atoms with Crippen LogP contribution >= 0.6 is 0 Å². The van der Waals surface area contributed by atoms with Crippen LogP contribution in [0.5, 0.6) is 5.75 Å². The molecule has 0 amide bonds. The van der Waals surface area contributed by atoms with Gasteiger partial charge in [0, 0.05) is 17.9 Å². The summed E-state index contributed by atoms with van der Waals surface area (Å²) in [5.74, 6) is -5.07. The Hall–Kier alpha value is -2.96. The molecule has 1 saturated carbocycles. The summed E-state index contributed by atoms with van der Waals surface area (Å²) in [6.07, 6.45) is 4.75. The lowest BCUT2D eigenvalue weighted by Crippen LogP contribution is -2.34. The van der Waals surface area contributed by atoms with Crippen molar-refractivity contribution in [2.24, 2.45) is 11.8 Å². The maximum atomic E-state index is 15.0. The summed E-state index contributed by atoms with van der Waals surface area (Å²) in [4.78, 5) is 0. The number of hydrogen-bond donors (Lipinski definition) is 0. The van der Waals surface area contributed by atoms with Crippen molar-refractivity contribution in [3.05, 3.63) is 77.9 Å². The molecule has 0 radical (unpaired) electrons. The minimum atomic E-state index is -3.17. The highest BCUT2D eigenvalue weighted by Gasteiger charge is 2.41. The van der Waals surface area contributed by atoms with Crippen LogP contribution in [0.15, 0.2) is 60.7 Å². The molecule has 0 spiro atoms. The first-order valence-corrected chi connectivity index (χ1v) is 12.7. The van der Waals surface area contributed by atoms with Crippen molar-refractivity contribution in [3.8, 4) is 28.0 Å². The number of rotatable bonds is 9. The van der Waals surface area contributed by atoms with E-state index in [1.807, 2.05) is 0 Å². The SMILES string of the molecule is CCCC1CCC(C(F)(F)Cc2ccc(-c3ccc(-c4ccc(OC(F)F)c(F)c4)c(F)c3)cc2)CC1. The highest BCUT2D eigenvalue weighted by Crippen LogP contribution is 2.42. The molecule has 1 fully saturated rings. The Kier molecular flexibility index (Phi) is 8.50. The number of alkyl halides is 4. The van der Waals surface area contributed by atoms with Crippen LogP contribution in [0.3, 0.4) is 0 Å². The Morgan fingerprint density at radius 1 is 0.811 bits per heavy atom. The molecular formula is C30H30F6O. The third kappa shape index (κ3) is 6.68. The molecule has 4 rings (SSSR count). The highest BCUT2D eigenvalue weighted by atomic mass is 19.3. The van der Waals surface area contributed by atoms with Crippen LogP contribution in [0.25, 0.3) is 22.3 Å². The summed E-state index contributed by atoms with van der Waals surface area (Å²) in [5.41, 5.74) is 1.99. The Balaban J connectivity index is 1.43. The Bertz CT molecular complexity index is 1180. The van der Waals surface area contributed by atoms with E-state index in [4.69, 9.17) is 0 Å². The van der Waals surface area contributed by atoms with Crippen LogP contribution < -0.4 is 4.74 Å². The van der Waals surface area contributed by atoms with Gasteiger partial charge >= 0.3 is 6.61 Å². The van der Waals surface area contributed by atoms with Gasteiger partial charge in [0.05, 0.1) is 0 Å².